The van der Waals surface area contributed by atoms with Gasteiger partial charge in [-0.3, -0.25) is 0 Å². The van der Waals surface area contributed by atoms with Crippen LogP contribution in [-0.2, 0) is 6.18 Å². The van der Waals surface area contributed by atoms with E-state index in [4.69, 9.17) is 4.98 Å². The Bertz CT molecular complexity index is 1210. The second kappa shape index (κ2) is 9.37. The Morgan fingerprint density at radius 2 is 1.80 bits per heavy atom. The van der Waals surface area contributed by atoms with Crippen LogP contribution >= 0.6 is 11.9 Å². The highest BCUT2D eigenvalue weighted by Gasteiger charge is 2.36. The maximum absolute atomic E-state index is 13.9. The van der Waals surface area contributed by atoms with E-state index in [0.717, 1.165) is 54.8 Å². The first-order valence-electron chi connectivity index (χ1n) is 12.0. The summed E-state index contributed by atoms with van der Waals surface area (Å²) in [4.78, 5) is 11.5. The lowest BCUT2D eigenvalue weighted by molar-refractivity contribution is -0.137. The Morgan fingerprint density at radius 3 is 2.54 bits per heavy atom. The molecule has 2 fully saturated rings. The number of benzene rings is 1. The van der Waals surface area contributed by atoms with Crippen LogP contribution in [0.2, 0.25) is 0 Å². The number of rotatable bonds is 6. The number of hydrogen-bond donors (Lipinski definition) is 1. The molecule has 0 unspecified atom stereocenters. The molecular formula is C27H29F3N4S. The summed E-state index contributed by atoms with van der Waals surface area (Å²) in [7, 11) is 0. The molecule has 0 spiro atoms. The fraction of sp³-hybridized carbons (Fsp3) is 0.407. The number of pyridine rings is 2. The lowest BCUT2D eigenvalue weighted by atomic mass is 9.84. The molecule has 2 aromatic heterocycles. The van der Waals surface area contributed by atoms with Gasteiger partial charge in [0.05, 0.1) is 11.3 Å². The summed E-state index contributed by atoms with van der Waals surface area (Å²) in [6.45, 7) is 6.47. The first-order valence-corrected chi connectivity index (χ1v) is 12.8. The zero-order valence-corrected chi connectivity index (χ0v) is 20.7. The third-order valence-corrected chi connectivity index (χ3v) is 7.37. The monoisotopic (exact) mass is 498 g/mol. The normalized spacial score (nSPS) is 17.9. The quantitative estimate of drug-likeness (QED) is 0.351. The highest BCUT2D eigenvalue weighted by Crippen LogP contribution is 2.46. The predicted molar refractivity (Wildman–Crippen MR) is 136 cm³/mol. The molecule has 1 N–H and O–H groups in total. The summed E-state index contributed by atoms with van der Waals surface area (Å²) < 4.78 is 44.7. The lowest BCUT2D eigenvalue weighted by Crippen LogP contribution is -2.40. The predicted octanol–water partition coefficient (Wildman–Crippen LogP) is 7.79. The van der Waals surface area contributed by atoms with Crippen molar-refractivity contribution in [2.45, 2.75) is 56.7 Å². The van der Waals surface area contributed by atoms with Gasteiger partial charge in [0.2, 0.25) is 0 Å². The van der Waals surface area contributed by atoms with E-state index in [2.05, 4.69) is 28.5 Å². The second-order valence-electron chi connectivity index (χ2n) is 10.2. The van der Waals surface area contributed by atoms with Crippen LogP contribution in [-0.4, -0.2) is 23.1 Å². The van der Waals surface area contributed by atoms with Crippen LogP contribution in [0.5, 0.6) is 0 Å². The lowest BCUT2D eigenvalue weighted by Gasteiger charge is -2.38. The minimum atomic E-state index is -4.48. The molecule has 3 aromatic rings. The molecule has 1 aliphatic heterocycles. The van der Waals surface area contributed by atoms with Gasteiger partial charge in [0.1, 0.15) is 16.7 Å². The van der Waals surface area contributed by atoms with Crippen LogP contribution in [0.3, 0.4) is 0 Å². The van der Waals surface area contributed by atoms with E-state index in [9.17, 15) is 13.2 Å². The molecule has 1 saturated carbocycles. The van der Waals surface area contributed by atoms with Crippen molar-refractivity contribution < 1.29 is 13.2 Å². The van der Waals surface area contributed by atoms with Crippen molar-refractivity contribution in [3.63, 3.8) is 0 Å². The van der Waals surface area contributed by atoms with Crippen LogP contribution in [0.4, 0.5) is 24.8 Å². The molecule has 5 rings (SSSR count). The summed E-state index contributed by atoms with van der Waals surface area (Å²) in [5, 5.41) is 0.743. The first-order chi connectivity index (χ1) is 16.7. The van der Waals surface area contributed by atoms with E-state index in [0.29, 0.717) is 17.3 Å². The van der Waals surface area contributed by atoms with E-state index in [1.807, 2.05) is 30.3 Å². The highest BCUT2D eigenvalue weighted by molar-refractivity contribution is 8.00. The van der Waals surface area contributed by atoms with Gasteiger partial charge in [-0.25, -0.2) is 9.97 Å². The highest BCUT2D eigenvalue weighted by atomic mass is 32.2. The standard InChI is InChI=1S/C27H29F3N4S/c1-26(2)15-6-16-34(17-26)23-9-5-10-24(32-23)35-33-22-14-13-21(27(28,29)30)25(31-22)20-8-4-3-7-19(20)18-11-12-18/h3-5,7-10,13-14,18H,6,11-12,15-17H2,1-2H3,(H,31,33). The molecule has 35 heavy (non-hydrogen) atoms. The molecule has 1 aromatic carbocycles. The van der Waals surface area contributed by atoms with Crippen LogP contribution in [0.1, 0.15) is 56.6 Å². The SMILES string of the molecule is CC1(C)CCCN(c2cccc(SNc3ccc(C(F)(F)F)c(-c4ccccc4C4CC4)n3)n2)C1. The van der Waals surface area contributed by atoms with Gasteiger partial charge in [0.25, 0.3) is 0 Å². The maximum Gasteiger partial charge on any atom is 0.418 e. The summed E-state index contributed by atoms with van der Waals surface area (Å²) in [5.41, 5.74) is 1.01. The van der Waals surface area contributed by atoms with Gasteiger partial charge in [0, 0.05) is 30.6 Å². The van der Waals surface area contributed by atoms with Crippen molar-refractivity contribution in [1.82, 2.24) is 9.97 Å². The third kappa shape index (κ3) is 5.58. The zero-order valence-electron chi connectivity index (χ0n) is 19.9. The van der Waals surface area contributed by atoms with Crippen LogP contribution in [0.25, 0.3) is 11.3 Å². The fourth-order valence-corrected chi connectivity index (χ4v) is 5.38. The number of aromatic nitrogens is 2. The molecule has 0 amide bonds. The van der Waals surface area contributed by atoms with E-state index in [1.165, 1.54) is 24.4 Å². The summed E-state index contributed by atoms with van der Waals surface area (Å²) in [6.07, 6.45) is -0.149. The summed E-state index contributed by atoms with van der Waals surface area (Å²) >= 11 is 1.26. The Balaban J connectivity index is 1.39. The van der Waals surface area contributed by atoms with Crippen molar-refractivity contribution in [2.75, 3.05) is 22.7 Å². The Hall–Kier alpha value is -2.74. The number of alkyl halides is 3. The Kier molecular flexibility index (Phi) is 6.42. The van der Waals surface area contributed by atoms with Crippen molar-refractivity contribution in [3.05, 3.63) is 65.7 Å². The third-order valence-electron chi connectivity index (χ3n) is 6.63. The van der Waals surface area contributed by atoms with Crippen molar-refractivity contribution >= 4 is 23.6 Å². The number of halogens is 3. The molecule has 0 bridgehead atoms. The van der Waals surface area contributed by atoms with Crippen molar-refractivity contribution in [3.8, 4) is 11.3 Å². The van der Waals surface area contributed by atoms with Crippen molar-refractivity contribution in [1.29, 1.82) is 0 Å². The minimum Gasteiger partial charge on any atom is -0.356 e. The minimum absolute atomic E-state index is 0.0251. The second-order valence-corrected chi connectivity index (χ2v) is 11.0. The molecular weight excluding hydrogens is 469 g/mol. The molecule has 8 heteroatoms. The Morgan fingerprint density at radius 1 is 1.00 bits per heavy atom. The molecule has 2 aliphatic rings. The van der Waals surface area contributed by atoms with Crippen LogP contribution in [0.15, 0.2) is 59.6 Å². The van der Waals surface area contributed by atoms with E-state index in [-0.39, 0.29) is 11.1 Å². The smallest absolute Gasteiger partial charge is 0.356 e. The molecule has 3 heterocycles. The van der Waals surface area contributed by atoms with Gasteiger partial charge < -0.3 is 9.62 Å². The maximum atomic E-state index is 13.9. The van der Waals surface area contributed by atoms with E-state index < -0.39 is 11.7 Å². The molecule has 184 valence electrons. The molecule has 0 atom stereocenters. The number of anilines is 2. The average molecular weight is 499 g/mol. The van der Waals surface area contributed by atoms with Gasteiger partial charge in [-0.15, -0.1) is 0 Å². The number of nitrogens with zero attached hydrogens (tertiary/aromatic N) is 3. The summed E-state index contributed by atoms with van der Waals surface area (Å²) in [5.74, 6) is 1.60. The van der Waals surface area contributed by atoms with Gasteiger partial charge in [-0.2, -0.15) is 13.2 Å². The molecule has 0 radical (unpaired) electrons. The largest absolute Gasteiger partial charge is 0.418 e. The zero-order chi connectivity index (χ0) is 24.6. The van der Waals surface area contributed by atoms with Crippen LogP contribution < -0.4 is 9.62 Å². The first kappa shape index (κ1) is 24.0. The van der Waals surface area contributed by atoms with Crippen LogP contribution in [0, 0.1) is 5.41 Å². The Labute approximate surface area is 208 Å². The number of hydrogen-bond acceptors (Lipinski definition) is 5. The number of piperidine rings is 1. The van der Waals surface area contributed by atoms with E-state index in [1.54, 1.807) is 12.1 Å². The van der Waals surface area contributed by atoms with Gasteiger partial charge >= 0.3 is 6.18 Å². The average Bonchev–Trinajstić information content (AvgIpc) is 3.67. The molecule has 1 saturated heterocycles. The molecule has 1 aliphatic carbocycles. The van der Waals surface area contributed by atoms with Gasteiger partial charge in [-0.1, -0.05) is 44.2 Å². The number of nitrogens with one attached hydrogen (secondary N) is 1. The molecule has 4 nitrogen and oxygen atoms in total. The summed E-state index contributed by atoms with van der Waals surface area (Å²) in [6, 6.07) is 15.7. The van der Waals surface area contributed by atoms with Crippen molar-refractivity contribution in [2.24, 2.45) is 5.41 Å². The fourth-order valence-electron chi connectivity index (χ4n) is 4.77. The van der Waals surface area contributed by atoms with Gasteiger partial charge in [-0.05, 0) is 66.8 Å². The topological polar surface area (TPSA) is 41.0 Å². The van der Waals surface area contributed by atoms with Gasteiger partial charge in [0.15, 0.2) is 0 Å². The van der Waals surface area contributed by atoms with E-state index >= 15 is 0 Å².